The van der Waals surface area contributed by atoms with Gasteiger partial charge in [0.2, 0.25) is 0 Å². The summed E-state index contributed by atoms with van der Waals surface area (Å²) in [5, 5.41) is 0. The maximum Gasteiger partial charge on any atom is 0.185 e. The second kappa shape index (κ2) is 2.77. The first-order valence-electron chi connectivity index (χ1n) is 4.01. The fraction of sp³-hybridized carbons (Fsp3) is 0.500. The Hall–Kier alpha value is -1.05. The normalized spacial score (nSPS) is 11.7. The summed E-state index contributed by atoms with van der Waals surface area (Å²) in [6, 6.07) is 1.92. The van der Waals surface area contributed by atoms with E-state index in [-0.39, 0.29) is 5.41 Å². The lowest BCUT2D eigenvalue weighted by molar-refractivity contribution is 0.109. The van der Waals surface area contributed by atoms with Crippen LogP contribution in [0.5, 0.6) is 0 Å². The molecule has 1 heterocycles. The van der Waals surface area contributed by atoms with Crippen molar-refractivity contribution in [1.29, 1.82) is 0 Å². The second-order valence-corrected chi connectivity index (χ2v) is 4.00. The van der Waals surface area contributed by atoms with Crippen LogP contribution in [0.15, 0.2) is 10.5 Å². The molecule has 0 aliphatic carbocycles. The number of hydrogen-bond donors (Lipinski definition) is 0. The van der Waals surface area contributed by atoms with Gasteiger partial charge in [-0.15, -0.1) is 0 Å². The Morgan fingerprint density at radius 1 is 1.42 bits per heavy atom. The molecule has 1 aromatic heterocycles. The van der Waals surface area contributed by atoms with Crippen molar-refractivity contribution in [2.75, 3.05) is 0 Å². The van der Waals surface area contributed by atoms with Gasteiger partial charge in [-0.1, -0.05) is 20.8 Å². The summed E-state index contributed by atoms with van der Waals surface area (Å²) in [6.45, 7) is 8.03. The lowest BCUT2D eigenvalue weighted by Crippen LogP contribution is -2.11. The first-order valence-corrected chi connectivity index (χ1v) is 4.01. The van der Waals surface area contributed by atoms with Gasteiger partial charge in [-0.2, -0.15) is 0 Å². The van der Waals surface area contributed by atoms with Crippen molar-refractivity contribution in [3.8, 4) is 0 Å². The third-order valence-corrected chi connectivity index (χ3v) is 1.80. The second-order valence-electron chi connectivity index (χ2n) is 4.00. The van der Waals surface area contributed by atoms with E-state index in [0.29, 0.717) is 5.76 Å². The first kappa shape index (κ1) is 9.04. The minimum absolute atomic E-state index is 0.0198. The molecule has 0 saturated heterocycles. The molecule has 0 spiro atoms. The molecule has 0 aliphatic heterocycles. The van der Waals surface area contributed by atoms with E-state index >= 15 is 0 Å². The highest BCUT2D eigenvalue weighted by Crippen LogP contribution is 2.27. The topological polar surface area (TPSA) is 30.2 Å². The Bertz CT molecular complexity index is 289. The van der Waals surface area contributed by atoms with Crippen LogP contribution < -0.4 is 0 Å². The molecule has 0 unspecified atom stereocenters. The summed E-state index contributed by atoms with van der Waals surface area (Å²) in [6.07, 6.45) is 0.771. The fourth-order valence-corrected chi connectivity index (χ4v) is 1.21. The van der Waals surface area contributed by atoms with Crippen molar-refractivity contribution in [2.24, 2.45) is 0 Å². The van der Waals surface area contributed by atoms with E-state index in [1.807, 2.05) is 13.0 Å². The van der Waals surface area contributed by atoms with E-state index in [4.69, 9.17) is 4.42 Å². The molecule has 0 N–H and O–H groups in total. The zero-order valence-corrected chi connectivity index (χ0v) is 7.97. The van der Waals surface area contributed by atoms with E-state index in [0.717, 1.165) is 17.6 Å². The number of hydrogen-bond acceptors (Lipinski definition) is 2. The predicted molar refractivity (Wildman–Crippen MR) is 47.5 cm³/mol. The van der Waals surface area contributed by atoms with E-state index in [1.165, 1.54) is 0 Å². The van der Waals surface area contributed by atoms with Gasteiger partial charge in [0.15, 0.2) is 12.0 Å². The van der Waals surface area contributed by atoms with Crippen molar-refractivity contribution < 1.29 is 9.21 Å². The highest BCUT2D eigenvalue weighted by Gasteiger charge is 2.21. The van der Waals surface area contributed by atoms with E-state index in [1.54, 1.807) is 0 Å². The van der Waals surface area contributed by atoms with Crippen LogP contribution in [0.3, 0.4) is 0 Å². The van der Waals surface area contributed by atoms with Gasteiger partial charge in [0, 0.05) is 5.56 Å². The van der Waals surface area contributed by atoms with E-state index < -0.39 is 0 Å². The molecular formula is C10H14O2. The van der Waals surface area contributed by atoms with Gasteiger partial charge >= 0.3 is 0 Å². The van der Waals surface area contributed by atoms with Gasteiger partial charge in [0.25, 0.3) is 0 Å². The Balaban J connectivity index is 3.22. The summed E-state index contributed by atoms with van der Waals surface area (Å²) in [5.41, 5.74) is 0.962. The summed E-state index contributed by atoms with van der Waals surface area (Å²) in [7, 11) is 0. The van der Waals surface area contributed by atoms with Gasteiger partial charge in [0.05, 0.1) is 0 Å². The molecule has 0 aliphatic rings. The smallest absolute Gasteiger partial charge is 0.185 e. The third-order valence-electron chi connectivity index (χ3n) is 1.80. The summed E-state index contributed by atoms with van der Waals surface area (Å²) >= 11 is 0. The Morgan fingerprint density at radius 2 is 2.00 bits per heavy atom. The van der Waals surface area contributed by atoms with Crippen LogP contribution in [0.2, 0.25) is 0 Å². The number of aryl methyl sites for hydroxylation is 1. The molecule has 0 radical (unpaired) electrons. The molecule has 0 saturated carbocycles. The number of carbonyl (C=O) groups is 1. The summed E-state index contributed by atoms with van der Waals surface area (Å²) < 4.78 is 5.22. The van der Waals surface area contributed by atoms with Crippen molar-refractivity contribution >= 4 is 6.29 Å². The molecule has 0 amide bonds. The minimum Gasteiger partial charge on any atom is -0.458 e. The van der Waals surface area contributed by atoms with Gasteiger partial charge in [-0.25, -0.2) is 0 Å². The lowest BCUT2D eigenvalue weighted by Gasteiger charge is -2.16. The van der Waals surface area contributed by atoms with E-state index in [2.05, 4.69) is 20.8 Å². The zero-order chi connectivity index (χ0) is 9.35. The molecular weight excluding hydrogens is 152 g/mol. The SMILES string of the molecule is Cc1cc(C(C)(C)C)c(C=O)o1. The monoisotopic (exact) mass is 166 g/mol. The lowest BCUT2D eigenvalue weighted by atomic mass is 9.87. The average Bonchev–Trinajstić information content (AvgIpc) is 2.29. The van der Waals surface area contributed by atoms with Crippen LogP contribution >= 0.6 is 0 Å². The van der Waals surface area contributed by atoms with Gasteiger partial charge in [-0.05, 0) is 18.4 Å². The maximum absolute atomic E-state index is 10.6. The summed E-state index contributed by atoms with van der Waals surface area (Å²) in [5.74, 6) is 1.25. The number of aldehydes is 1. The Kier molecular flexibility index (Phi) is 2.09. The van der Waals surface area contributed by atoms with Gasteiger partial charge in [0.1, 0.15) is 5.76 Å². The van der Waals surface area contributed by atoms with Crippen molar-refractivity contribution in [1.82, 2.24) is 0 Å². The molecule has 1 aromatic rings. The highest BCUT2D eigenvalue weighted by atomic mass is 16.3. The molecule has 0 bridgehead atoms. The van der Waals surface area contributed by atoms with Crippen LogP contribution in [0.4, 0.5) is 0 Å². The average molecular weight is 166 g/mol. The number of furan rings is 1. The predicted octanol–water partition coefficient (Wildman–Crippen LogP) is 2.70. The van der Waals surface area contributed by atoms with Crippen molar-refractivity contribution in [3.63, 3.8) is 0 Å². The van der Waals surface area contributed by atoms with Crippen molar-refractivity contribution in [3.05, 3.63) is 23.2 Å². The molecule has 0 atom stereocenters. The number of rotatable bonds is 1. The van der Waals surface area contributed by atoms with Gasteiger partial charge in [-0.3, -0.25) is 4.79 Å². The fourth-order valence-electron chi connectivity index (χ4n) is 1.21. The van der Waals surface area contributed by atoms with Crippen LogP contribution in [0.25, 0.3) is 0 Å². The Morgan fingerprint density at radius 3 is 2.33 bits per heavy atom. The number of carbonyl (C=O) groups excluding carboxylic acids is 1. The molecule has 12 heavy (non-hydrogen) atoms. The summed E-state index contributed by atoms with van der Waals surface area (Å²) in [4.78, 5) is 10.6. The highest BCUT2D eigenvalue weighted by molar-refractivity contribution is 5.74. The van der Waals surface area contributed by atoms with Crippen LogP contribution in [-0.4, -0.2) is 6.29 Å². The van der Waals surface area contributed by atoms with Crippen LogP contribution in [0.1, 0.15) is 42.6 Å². The Labute approximate surface area is 72.6 Å². The largest absolute Gasteiger partial charge is 0.458 e. The minimum atomic E-state index is -0.0198. The van der Waals surface area contributed by atoms with Crippen molar-refractivity contribution in [2.45, 2.75) is 33.1 Å². The maximum atomic E-state index is 10.6. The molecule has 0 fully saturated rings. The standard InChI is InChI=1S/C10H14O2/c1-7-5-8(10(2,3)4)9(6-11)12-7/h5-6H,1-4H3. The quantitative estimate of drug-likeness (QED) is 0.600. The molecule has 0 aromatic carbocycles. The van der Waals surface area contributed by atoms with E-state index in [9.17, 15) is 4.79 Å². The molecule has 66 valence electrons. The van der Waals surface area contributed by atoms with Crippen LogP contribution in [0, 0.1) is 6.92 Å². The van der Waals surface area contributed by atoms with Crippen LogP contribution in [-0.2, 0) is 5.41 Å². The molecule has 2 nitrogen and oxygen atoms in total. The van der Waals surface area contributed by atoms with Gasteiger partial charge < -0.3 is 4.42 Å². The zero-order valence-electron chi connectivity index (χ0n) is 7.97. The molecule has 2 heteroatoms. The third kappa shape index (κ3) is 1.58. The first-order chi connectivity index (χ1) is 5.45. The molecule has 1 rings (SSSR count).